The number of imidazole rings is 1. The first-order valence-corrected chi connectivity index (χ1v) is 7.57. The van der Waals surface area contributed by atoms with Gasteiger partial charge in [-0.25, -0.2) is 4.98 Å². The smallest absolute Gasteiger partial charge is 0.166 e. The summed E-state index contributed by atoms with van der Waals surface area (Å²) >= 11 is 1.70. The summed E-state index contributed by atoms with van der Waals surface area (Å²) in [5.41, 5.74) is 7.45. The Bertz CT molecular complexity index is 573. The van der Waals surface area contributed by atoms with Gasteiger partial charge >= 0.3 is 0 Å². The molecule has 4 N–H and O–H groups in total. The number of oxime groups is 1. The molecule has 2 rings (SSSR count). The van der Waals surface area contributed by atoms with Crippen LogP contribution in [0.5, 0.6) is 0 Å². The Morgan fingerprint density at radius 2 is 2.20 bits per heavy atom. The van der Waals surface area contributed by atoms with E-state index in [1.165, 1.54) is 0 Å². The van der Waals surface area contributed by atoms with Crippen LogP contribution in [-0.2, 0) is 0 Å². The van der Waals surface area contributed by atoms with E-state index in [9.17, 15) is 0 Å². The summed E-state index contributed by atoms with van der Waals surface area (Å²) < 4.78 is 0. The maximum Gasteiger partial charge on any atom is 0.166 e. The van der Waals surface area contributed by atoms with Gasteiger partial charge in [-0.3, -0.25) is 0 Å². The summed E-state index contributed by atoms with van der Waals surface area (Å²) in [6, 6.07) is 8.00. The third-order valence-electron chi connectivity index (χ3n) is 3.35. The second-order valence-electron chi connectivity index (χ2n) is 5.38. The zero-order valence-corrected chi connectivity index (χ0v) is 12.6. The average molecular weight is 292 g/mol. The van der Waals surface area contributed by atoms with Gasteiger partial charge < -0.3 is 15.9 Å². The second kappa shape index (κ2) is 6.17. The SMILES string of the molecule is CC(C)(CCCSc1nc2ccccc2[nH]1)C(N)=NO. The Balaban J connectivity index is 1.84. The van der Waals surface area contributed by atoms with E-state index in [1.54, 1.807) is 11.8 Å². The molecular weight excluding hydrogens is 272 g/mol. The van der Waals surface area contributed by atoms with Gasteiger partial charge in [0.05, 0.1) is 11.0 Å². The van der Waals surface area contributed by atoms with Gasteiger partial charge in [0.25, 0.3) is 0 Å². The summed E-state index contributed by atoms with van der Waals surface area (Å²) in [5.74, 6) is 1.23. The molecule has 0 aliphatic rings. The van der Waals surface area contributed by atoms with E-state index in [1.807, 2.05) is 38.1 Å². The third kappa shape index (κ3) is 3.45. The van der Waals surface area contributed by atoms with Crippen LogP contribution in [0.4, 0.5) is 0 Å². The largest absolute Gasteiger partial charge is 0.409 e. The Morgan fingerprint density at radius 3 is 2.90 bits per heavy atom. The van der Waals surface area contributed by atoms with Crippen molar-refractivity contribution >= 4 is 28.6 Å². The maximum absolute atomic E-state index is 8.73. The number of nitrogens with zero attached hydrogens (tertiary/aromatic N) is 2. The molecule has 0 aliphatic carbocycles. The molecule has 0 aliphatic heterocycles. The molecule has 0 unspecified atom stereocenters. The first-order valence-electron chi connectivity index (χ1n) is 6.58. The number of nitrogens with two attached hydrogens (primary N) is 1. The number of benzene rings is 1. The molecule has 20 heavy (non-hydrogen) atoms. The van der Waals surface area contributed by atoms with Crippen LogP contribution in [0.1, 0.15) is 26.7 Å². The minimum absolute atomic E-state index is 0.275. The molecule has 108 valence electrons. The lowest BCUT2D eigenvalue weighted by atomic mass is 9.87. The van der Waals surface area contributed by atoms with Crippen molar-refractivity contribution < 1.29 is 5.21 Å². The molecule has 0 radical (unpaired) electrons. The first-order chi connectivity index (χ1) is 9.53. The number of hydrogen-bond donors (Lipinski definition) is 3. The highest BCUT2D eigenvalue weighted by atomic mass is 32.2. The van der Waals surface area contributed by atoms with Crippen molar-refractivity contribution in [2.75, 3.05) is 5.75 Å². The van der Waals surface area contributed by atoms with Crippen molar-refractivity contribution in [3.05, 3.63) is 24.3 Å². The van der Waals surface area contributed by atoms with Crippen LogP contribution < -0.4 is 5.73 Å². The Labute approximate surface area is 122 Å². The maximum atomic E-state index is 8.73. The topological polar surface area (TPSA) is 87.3 Å². The molecule has 0 spiro atoms. The zero-order chi connectivity index (χ0) is 14.6. The Morgan fingerprint density at radius 1 is 1.45 bits per heavy atom. The van der Waals surface area contributed by atoms with Gasteiger partial charge in [0.1, 0.15) is 5.84 Å². The van der Waals surface area contributed by atoms with Crippen LogP contribution in [0.25, 0.3) is 11.0 Å². The van der Waals surface area contributed by atoms with E-state index in [-0.39, 0.29) is 11.3 Å². The van der Waals surface area contributed by atoms with Crippen LogP contribution in [-0.4, -0.2) is 26.8 Å². The molecule has 6 heteroatoms. The summed E-state index contributed by atoms with van der Waals surface area (Å²) in [6.07, 6.45) is 1.85. The summed E-state index contributed by atoms with van der Waals surface area (Å²) in [4.78, 5) is 7.81. The molecule has 0 amide bonds. The number of aromatic amines is 1. The molecule has 0 saturated heterocycles. The lowest BCUT2D eigenvalue weighted by Crippen LogP contribution is -2.31. The molecule has 0 saturated carbocycles. The lowest BCUT2D eigenvalue weighted by Gasteiger charge is -2.22. The van der Waals surface area contributed by atoms with Gasteiger partial charge in [-0.15, -0.1) is 0 Å². The fourth-order valence-electron chi connectivity index (χ4n) is 1.94. The summed E-state index contributed by atoms with van der Waals surface area (Å²) in [5, 5.41) is 12.8. The number of amidine groups is 1. The highest BCUT2D eigenvalue weighted by Crippen LogP contribution is 2.26. The van der Waals surface area contributed by atoms with E-state index in [0.717, 1.165) is 34.8 Å². The monoisotopic (exact) mass is 292 g/mol. The number of H-pyrrole nitrogens is 1. The molecule has 1 aromatic carbocycles. The van der Waals surface area contributed by atoms with Crippen LogP contribution in [0, 0.1) is 5.41 Å². The predicted octanol–water partition coefficient (Wildman–Crippen LogP) is 3.21. The molecule has 1 aromatic heterocycles. The van der Waals surface area contributed by atoms with Gasteiger partial charge in [0.2, 0.25) is 0 Å². The van der Waals surface area contributed by atoms with Crippen LogP contribution >= 0.6 is 11.8 Å². The fourth-order valence-corrected chi connectivity index (χ4v) is 2.77. The molecule has 0 fully saturated rings. The van der Waals surface area contributed by atoms with E-state index in [4.69, 9.17) is 10.9 Å². The van der Waals surface area contributed by atoms with Crippen molar-refractivity contribution in [1.29, 1.82) is 0 Å². The first kappa shape index (κ1) is 14.7. The quantitative estimate of drug-likeness (QED) is 0.190. The van der Waals surface area contributed by atoms with Crippen molar-refractivity contribution in [3.63, 3.8) is 0 Å². The standard InChI is InChI=1S/C14H20N4OS/c1-14(2,12(15)18-19)8-5-9-20-13-16-10-6-3-4-7-11(10)17-13/h3-4,6-7,19H,5,8-9H2,1-2H3,(H2,15,18)(H,16,17). The zero-order valence-electron chi connectivity index (χ0n) is 11.8. The van der Waals surface area contributed by atoms with Gasteiger partial charge in [-0.1, -0.05) is 42.9 Å². The van der Waals surface area contributed by atoms with E-state index >= 15 is 0 Å². The van der Waals surface area contributed by atoms with Crippen LogP contribution in [0.3, 0.4) is 0 Å². The van der Waals surface area contributed by atoms with Crippen LogP contribution in [0.2, 0.25) is 0 Å². The summed E-state index contributed by atoms with van der Waals surface area (Å²) in [6.45, 7) is 3.96. The van der Waals surface area contributed by atoms with E-state index < -0.39 is 0 Å². The summed E-state index contributed by atoms with van der Waals surface area (Å²) in [7, 11) is 0. The second-order valence-corrected chi connectivity index (χ2v) is 6.46. The van der Waals surface area contributed by atoms with Crippen molar-refractivity contribution in [3.8, 4) is 0 Å². The van der Waals surface area contributed by atoms with Gasteiger partial charge in [0.15, 0.2) is 5.16 Å². The third-order valence-corrected chi connectivity index (χ3v) is 4.31. The van der Waals surface area contributed by atoms with Crippen molar-refractivity contribution in [2.24, 2.45) is 16.3 Å². The predicted molar refractivity (Wildman–Crippen MR) is 83.2 cm³/mol. The number of aromatic nitrogens is 2. The lowest BCUT2D eigenvalue weighted by molar-refractivity contribution is 0.305. The minimum Gasteiger partial charge on any atom is -0.409 e. The number of para-hydroxylation sites is 2. The van der Waals surface area contributed by atoms with Crippen molar-refractivity contribution in [2.45, 2.75) is 31.8 Å². The van der Waals surface area contributed by atoms with Gasteiger partial charge in [-0.05, 0) is 25.0 Å². The number of rotatable bonds is 6. The Hall–Kier alpha value is -1.69. The average Bonchev–Trinajstić information content (AvgIpc) is 2.85. The van der Waals surface area contributed by atoms with E-state index in [0.29, 0.717) is 0 Å². The molecule has 1 heterocycles. The van der Waals surface area contributed by atoms with Crippen LogP contribution in [0.15, 0.2) is 34.6 Å². The molecular formula is C14H20N4OS. The molecule has 5 nitrogen and oxygen atoms in total. The number of thioether (sulfide) groups is 1. The number of hydrogen-bond acceptors (Lipinski definition) is 4. The fraction of sp³-hybridized carbons (Fsp3) is 0.429. The van der Waals surface area contributed by atoms with Crippen molar-refractivity contribution in [1.82, 2.24) is 9.97 Å². The molecule has 0 atom stereocenters. The number of nitrogens with one attached hydrogen (secondary N) is 1. The van der Waals surface area contributed by atoms with E-state index in [2.05, 4.69) is 15.1 Å². The molecule has 0 bridgehead atoms. The Kier molecular flexibility index (Phi) is 4.54. The highest BCUT2D eigenvalue weighted by Gasteiger charge is 2.22. The number of fused-ring (bicyclic) bond motifs is 1. The minimum atomic E-state index is -0.275. The van der Waals surface area contributed by atoms with Gasteiger partial charge in [0, 0.05) is 11.2 Å². The van der Waals surface area contributed by atoms with Gasteiger partial charge in [-0.2, -0.15) is 0 Å². The normalized spacial score (nSPS) is 13.0. The highest BCUT2D eigenvalue weighted by molar-refractivity contribution is 7.99. The molecule has 2 aromatic rings.